The highest BCUT2D eigenvalue weighted by atomic mass is 35.5. The van der Waals surface area contributed by atoms with Gasteiger partial charge in [0.05, 0.1) is 26.0 Å². The van der Waals surface area contributed by atoms with Gasteiger partial charge >= 0.3 is 0 Å². The molecule has 0 amide bonds. The minimum atomic E-state index is -0.522. The topological polar surface area (TPSA) is 68.6 Å². The van der Waals surface area contributed by atoms with Gasteiger partial charge in [0.15, 0.2) is 5.58 Å². The van der Waals surface area contributed by atoms with E-state index < -0.39 is 6.04 Å². The molecule has 86 valence electrons. The summed E-state index contributed by atoms with van der Waals surface area (Å²) in [5.41, 5.74) is 7.01. The maximum Gasteiger partial charge on any atom is 0.156 e. The number of methoxy groups -OCH3 is 1. The third-order valence-electron chi connectivity index (χ3n) is 2.47. The maximum atomic E-state index is 9.07. The lowest BCUT2D eigenvalue weighted by Crippen LogP contribution is -2.15. The van der Waals surface area contributed by atoms with Gasteiger partial charge in [-0.05, 0) is 12.1 Å². The Hall–Kier alpha value is -1.23. The average molecular weight is 242 g/mol. The van der Waals surface area contributed by atoms with Crippen LogP contribution in [0.4, 0.5) is 0 Å². The second-order valence-corrected chi connectivity index (χ2v) is 3.82. The van der Waals surface area contributed by atoms with Crippen molar-refractivity contribution in [3.8, 4) is 5.75 Å². The van der Waals surface area contributed by atoms with Crippen molar-refractivity contribution in [3.63, 3.8) is 0 Å². The Balaban J connectivity index is 2.71. The number of aliphatic hydroxyl groups is 1. The van der Waals surface area contributed by atoms with Crippen LogP contribution >= 0.6 is 11.6 Å². The first-order valence-corrected chi connectivity index (χ1v) is 5.16. The Morgan fingerprint density at radius 3 is 3.00 bits per heavy atom. The summed E-state index contributed by atoms with van der Waals surface area (Å²) in [4.78, 5) is 0. The molecule has 1 atom stereocenters. The Kier molecular flexibility index (Phi) is 3.05. The van der Waals surface area contributed by atoms with E-state index in [0.29, 0.717) is 21.9 Å². The molecule has 0 fully saturated rings. The molecule has 0 bridgehead atoms. The summed E-state index contributed by atoms with van der Waals surface area (Å²) in [6.07, 6.45) is 1.55. The normalized spacial score (nSPS) is 13.0. The molecule has 0 aliphatic heterocycles. The number of hydrogen-bond donors (Lipinski definition) is 2. The quantitative estimate of drug-likeness (QED) is 0.863. The molecule has 4 nitrogen and oxygen atoms in total. The molecule has 0 saturated carbocycles. The van der Waals surface area contributed by atoms with E-state index in [9.17, 15) is 0 Å². The van der Waals surface area contributed by atoms with Gasteiger partial charge in [-0.3, -0.25) is 0 Å². The second-order valence-electron chi connectivity index (χ2n) is 3.44. The van der Waals surface area contributed by atoms with Gasteiger partial charge < -0.3 is 20.0 Å². The molecule has 1 heterocycles. The molecular formula is C11H12ClNO3. The summed E-state index contributed by atoms with van der Waals surface area (Å²) in [5.74, 6) is 0.450. The Bertz CT molecular complexity index is 509. The number of rotatable bonds is 3. The van der Waals surface area contributed by atoms with Gasteiger partial charge in [-0.15, -0.1) is 0 Å². The average Bonchev–Trinajstić information content (AvgIpc) is 2.76. The lowest BCUT2D eigenvalue weighted by atomic mass is 10.0. The molecule has 1 unspecified atom stereocenters. The Labute approximate surface area is 97.6 Å². The summed E-state index contributed by atoms with van der Waals surface area (Å²) in [6, 6.07) is 3.07. The van der Waals surface area contributed by atoms with Crippen LogP contribution in [-0.2, 0) is 0 Å². The predicted molar refractivity (Wildman–Crippen MR) is 61.8 cm³/mol. The maximum absolute atomic E-state index is 9.07. The zero-order chi connectivity index (χ0) is 11.7. The van der Waals surface area contributed by atoms with Gasteiger partial charge in [0, 0.05) is 10.9 Å². The highest BCUT2D eigenvalue weighted by Crippen LogP contribution is 2.38. The number of furan rings is 1. The largest absolute Gasteiger partial charge is 0.495 e. The van der Waals surface area contributed by atoms with E-state index in [4.69, 9.17) is 31.6 Å². The van der Waals surface area contributed by atoms with E-state index in [1.165, 1.54) is 7.11 Å². The molecule has 2 aromatic rings. The summed E-state index contributed by atoms with van der Waals surface area (Å²) >= 11 is 6.13. The molecular weight excluding hydrogens is 230 g/mol. The smallest absolute Gasteiger partial charge is 0.156 e. The highest BCUT2D eigenvalue weighted by Gasteiger charge is 2.18. The summed E-state index contributed by atoms with van der Waals surface area (Å²) in [7, 11) is 1.50. The van der Waals surface area contributed by atoms with Crippen molar-refractivity contribution in [1.82, 2.24) is 0 Å². The van der Waals surface area contributed by atoms with E-state index in [2.05, 4.69) is 0 Å². The molecule has 16 heavy (non-hydrogen) atoms. The van der Waals surface area contributed by atoms with Gasteiger partial charge in [0.1, 0.15) is 10.8 Å². The summed E-state index contributed by atoms with van der Waals surface area (Å²) in [6.45, 7) is -0.171. The van der Waals surface area contributed by atoms with Crippen molar-refractivity contribution in [3.05, 3.63) is 29.0 Å². The van der Waals surface area contributed by atoms with E-state index in [1.54, 1.807) is 12.3 Å². The van der Waals surface area contributed by atoms with Crippen molar-refractivity contribution in [2.45, 2.75) is 6.04 Å². The molecule has 1 aromatic carbocycles. The summed E-state index contributed by atoms with van der Waals surface area (Å²) in [5, 5.41) is 10.3. The lowest BCUT2D eigenvalue weighted by molar-refractivity contribution is 0.264. The number of fused-ring (bicyclic) bond motifs is 1. The van der Waals surface area contributed by atoms with Gasteiger partial charge in [0.25, 0.3) is 0 Å². The molecule has 1 aromatic heterocycles. The van der Waals surface area contributed by atoms with E-state index in [-0.39, 0.29) is 6.61 Å². The van der Waals surface area contributed by atoms with Gasteiger partial charge in [-0.25, -0.2) is 0 Å². The zero-order valence-corrected chi connectivity index (χ0v) is 9.49. The van der Waals surface area contributed by atoms with Crippen LogP contribution < -0.4 is 10.5 Å². The number of benzene rings is 1. The number of halogens is 1. The SMILES string of the molecule is COc1c(C(N)CO)cc2ccoc2c1Cl. The first-order valence-electron chi connectivity index (χ1n) is 4.79. The van der Waals surface area contributed by atoms with Crippen LogP contribution in [0.5, 0.6) is 5.75 Å². The summed E-state index contributed by atoms with van der Waals surface area (Å²) < 4.78 is 10.4. The molecule has 0 spiro atoms. The van der Waals surface area contributed by atoms with Crippen molar-refractivity contribution >= 4 is 22.6 Å². The third-order valence-corrected chi connectivity index (χ3v) is 2.81. The lowest BCUT2D eigenvalue weighted by Gasteiger charge is -2.14. The van der Waals surface area contributed by atoms with Gasteiger partial charge in [-0.1, -0.05) is 11.6 Å². The van der Waals surface area contributed by atoms with Crippen LogP contribution in [0.15, 0.2) is 22.8 Å². The fourth-order valence-electron chi connectivity index (χ4n) is 1.66. The standard InChI is InChI=1S/C11H12ClNO3/c1-15-11-7(8(13)5-14)4-6-2-3-16-10(6)9(11)12/h2-4,8,14H,5,13H2,1H3. The highest BCUT2D eigenvalue weighted by molar-refractivity contribution is 6.36. The van der Waals surface area contributed by atoms with Gasteiger partial charge in [0.2, 0.25) is 0 Å². The fraction of sp³-hybridized carbons (Fsp3) is 0.273. The Morgan fingerprint density at radius 1 is 1.62 bits per heavy atom. The second kappa shape index (κ2) is 4.33. The van der Waals surface area contributed by atoms with Crippen molar-refractivity contribution in [1.29, 1.82) is 0 Å². The van der Waals surface area contributed by atoms with Crippen molar-refractivity contribution in [2.24, 2.45) is 5.73 Å². The first kappa shape index (κ1) is 11.3. The van der Waals surface area contributed by atoms with Gasteiger partial charge in [-0.2, -0.15) is 0 Å². The third kappa shape index (κ3) is 1.65. The molecule has 0 radical (unpaired) electrons. The van der Waals surface area contributed by atoms with Crippen molar-refractivity contribution < 1.29 is 14.3 Å². The van der Waals surface area contributed by atoms with Crippen LogP contribution in [0.3, 0.4) is 0 Å². The van der Waals surface area contributed by atoms with Crippen LogP contribution in [0.25, 0.3) is 11.0 Å². The molecule has 3 N–H and O–H groups in total. The fourth-order valence-corrected chi connectivity index (χ4v) is 2.00. The number of hydrogen-bond acceptors (Lipinski definition) is 4. The molecule has 2 rings (SSSR count). The number of ether oxygens (including phenoxy) is 1. The monoisotopic (exact) mass is 241 g/mol. The van der Waals surface area contributed by atoms with Crippen LogP contribution in [0.1, 0.15) is 11.6 Å². The van der Waals surface area contributed by atoms with E-state index >= 15 is 0 Å². The molecule has 0 saturated heterocycles. The molecule has 0 aliphatic carbocycles. The van der Waals surface area contributed by atoms with Crippen molar-refractivity contribution in [2.75, 3.05) is 13.7 Å². The molecule has 5 heteroatoms. The number of nitrogens with two attached hydrogens (primary N) is 1. The minimum absolute atomic E-state index is 0.171. The van der Waals surface area contributed by atoms with Crippen LogP contribution in [-0.4, -0.2) is 18.8 Å². The minimum Gasteiger partial charge on any atom is -0.495 e. The molecule has 0 aliphatic rings. The van der Waals surface area contributed by atoms with E-state index in [0.717, 1.165) is 5.39 Å². The van der Waals surface area contributed by atoms with E-state index in [1.807, 2.05) is 6.07 Å². The van der Waals surface area contributed by atoms with Crippen LogP contribution in [0, 0.1) is 0 Å². The Morgan fingerprint density at radius 2 is 2.38 bits per heavy atom. The predicted octanol–water partition coefficient (Wildman–Crippen LogP) is 2.09. The number of aliphatic hydroxyl groups excluding tert-OH is 1. The first-order chi connectivity index (χ1) is 7.69. The van der Waals surface area contributed by atoms with Crippen LogP contribution in [0.2, 0.25) is 5.02 Å². The zero-order valence-electron chi connectivity index (χ0n) is 8.74.